The number of carbonyl (C=O) groups is 1. The molecule has 8 heteroatoms. The van der Waals surface area contributed by atoms with Crippen LogP contribution in [0.2, 0.25) is 0 Å². The highest BCUT2D eigenvalue weighted by atomic mass is 16.5. The predicted octanol–water partition coefficient (Wildman–Crippen LogP) is 1.22. The van der Waals surface area contributed by atoms with Gasteiger partial charge in [0.25, 0.3) is 0 Å². The van der Waals surface area contributed by atoms with Crippen LogP contribution in [0.1, 0.15) is 35.7 Å². The maximum absolute atomic E-state index is 11.3. The van der Waals surface area contributed by atoms with Crippen LogP contribution in [0.25, 0.3) is 0 Å². The number of hydrogen-bond acceptors (Lipinski definition) is 8. The third-order valence-corrected chi connectivity index (χ3v) is 3.59. The summed E-state index contributed by atoms with van der Waals surface area (Å²) in [6, 6.07) is 3.39. The highest BCUT2D eigenvalue weighted by Crippen LogP contribution is 2.32. The summed E-state index contributed by atoms with van der Waals surface area (Å²) >= 11 is 0. The summed E-state index contributed by atoms with van der Waals surface area (Å²) in [5.41, 5.74) is 14.1. The molecule has 0 saturated heterocycles. The zero-order valence-electron chi connectivity index (χ0n) is 16.3. The molecule has 0 aliphatic rings. The topological polar surface area (TPSA) is 129 Å². The number of ether oxygens (including phenoxy) is 2. The number of nitrogens with one attached hydrogen (secondary N) is 1. The molecule has 0 unspecified atom stereocenters. The van der Waals surface area contributed by atoms with Gasteiger partial charge in [-0.3, -0.25) is 4.79 Å². The summed E-state index contributed by atoms with van der Waals surface area (Å²) in [4.78, 5) is 11.3. The third-order valence-electron chi connectivity index (χ3n) is 3.59. The first-order chi connectivity index (χ1) is 12.9. The Morgan fingerprint density at radius 1 is 1.19 bits per heavy atom. The summed E-state index contributed by atoms with van der Waals surface area (Å²) in [7, 11) is 3.43. The minimum Gasteiger partial charge on any atom is -0.487 e. The van der Waals surface area contributed by atoms with Gasteiger partial charge in [-0.25, -0.2) is 5.84 Å². The molecule has 0 aliphatic heterocycles. The fraction of sp³-hybridized carbons (Fsp3) is 0.421. The van der Waals surface area contributed by atoms with Gasteiger partial charge in [0.05, 0.1) is 11.4 Å². The van der Waals surface area contributed by atoms with Crippen LogP contribution in [0.4, 0.5) is 0 Å². The quantitative estimate of drug-likeness (QED) is 0.243. The molecule has 27 heavy (non-hydrogen) atoms. The lowest BCUT2D eigenvalue weighted by molar-refractivity contribution is 0.112. The van der Waals surface area contributed by atoms with Crippen LogP contribution in [-0.2, 0) is 6.42 Å². The Morgan fingerprint density at radius 3 is 2.26 bits per heavy atom. The lowest BCUT2D eigenvalue weighted by Crippen LogP contribution is -2.23. The Kier molecular flexibility index (Phi) is 9.60. The smallest absolute Gasteiger partial charge is 0.150 e. The van der Waals surface area contributed by atoms with Crippen molar-refractivity contribution in [3.63, 3.8) is 0 Å². The van der Waals surface area contributed by atoms with Gasteiger partial charge in [-0.1, -0.05) is 13.3 Å². The molecule has 0 amide bonds. The van der Waals surface area contributed by atoms with Crippen LogP contribution in [0, 0.1) is 0 Å². The Bertz CT molecular complexity index is 672. The average molecular weight is 377 g/mol. The summed E-state index contributed by atoms with van der Waals surface area (Å²) in [6.07, 6.45) is 6.68. The number of nitrogens with zero attached hydrogens (tertiary/aromatic N) is 1. The number of nitrogens with two attached hydrogens (primary N) is 3. The van der Waals surface area contributed by atoms with Crippen molar-refractivity contribution in [1.29, 1.82) is 0 Å². The first-order valence-corrected chi connectivity index (χ1v) is 8.84. The Morgan fingerprint density at radius 2 is 1.78 bits per heavy atom. The van der Waals surface area contributed by atoms with E-state index in [-0.39, 0.29) is 13.2 Å². The van der Waals surface area contributed by atoms with E-state index in [1.54, 1.807) is 38.6 Å². The van der Waals surface area contributed by atoms with Gasteiger partial charge in [0, 0.05) is 37.6 Å². The summed E-state index contributed by atoms with van der Waals surface area (Å²) in [6.45, 7) is 2.44. The van der Waals surface area contributed by atoms with Crippen LogP contribution in [-0.4, -0.2) is 38.6 Å². The van der Waals surface area contributed by atoms with E-state index in [1.165, 1.54) is 5.01 Å². The third kappa shape index (κ3) is 7.91. The van der Waals surface area contributed by atoms with Crippen LogP contribution < -0.4 is 32.1 Å². The zero-order chi connectivity index (χ0) is 20.2. The van der Waals surface area contributed by atoms with Gasteiger partial charge in [0.2, 0.25) is 0 Å². The first-order valence-electron chi connectivity index (χ1n) is 8.84. The van der Waals surface area contributed by atoms with Crippen LogP contribution in [0.15, 0.2) is 35.9 Å². The Hall–Kier alpha value is -2.87. The van der Waals surface area contributed by atoms with Crippen molar-refractivity contribution in [1.82, 2.24) is 10.3 Å². The molecule has 0 spiro atoms. The second-order valence-electron chi connectivity index (χ2n) is 6.17. The van der Waals surface area contributed by atoms with Gasteiger partial charge < -0.3 is 31.3 Å². The predicted molar refractivity (Wildman–Crippen MR) is 107 cm³/mol. The van der Waals surface area contributed by atoms with Crippen molar-refractivity contribution in [2.45, 2.75) is 26.2 Å². The van der Waals surface area contributed by atoms with Crippen LogP contribution in [0.5, 0.6) is 11.5 Å². The molecule has 0 bridgehead atoms. The molecular weight excluding hydrogens is 346 g/mol. The molecule has 1 aromatic rings. The lowest BCUT2D eigenvalue weighted by Gasteiger charge is -2.18. The molecule has 150 valence electrons. The van der Waals surface area contributed by atoms with E-state index in [2.05, 4.69) is 12.2 Å². The van der Waals surface area contributed by atoms with E-state index in [1.807, 2.05) is 0 Å². The SMILES string of the molecule is CCCCc1c(OC/C(N)=C/NC)cc(C=O)cc1OC/C(N)=C/N(C)N. The van der Waals surface area contributed by atoms with Crippen molar-refractivity contribution in [3.8, 4) is 11.5 Å². The van der Waals surface area contributed by atoms with E-state index in [0.717, 1.165) is 31.1 Å². The number of aldehydes is 1. The molecule has 0 atom stereocenters. The summed E-state index contributed by atoms with van der Waals surface area (Å²) < 4.78 is 11.7. The number of carbonyl (C=O) groups excluding carboxylic acids is 1. The molecule has 1 aromatic carbocycles. The van der Waals surface area contributed by atoms with Crippen molar-refractivity contribution in [2.75, 3.05) is 27.3 Å². The lowest BCUT2D eigenvalue weighted by atomic mass is 10.0. The van der Waals surface area contributed by atoms with E-state index in [9.17, 15) is 4.79 Å². The van der Waals surface area contributed by atoms with Crippen molar-refractivity contribution < 1.29 is 14.3 Å². The van der Waals surface area contributed by atoms with Gasteiger partial charge in [-0.15, -0.1) is 0 Å². The van der Waals surface area contributed by atoms with Gasteiger partial charge in [-0.2, -0.15) is 0 Å². The molecule has 7 N–H and O–H groups in total. The number of hydrogen-bond donors (Lipinski definition) is 4. The molecule has 0 aliphatic carbocycles. The van der Waals surface area contributed by atoms with E-state index in [4.69, 9.17) is 26.8 Å². The number of hydrazine groups is 1. The van der Waals surface area contributed by atoms with Crippen molar-refractivity contribution in [3.05, 3.63) is 47.1 Å². The summed E-state index contributed by atoms with van der Waals surface area (Å²) in [5, 5.41) is 4.20. The second-order valence-corrected chi connectivity index (χ2v) is 6.17. The molecule has 0 heterocycles. The van der Waals surface area contributed by atoms with Crippen LogP contribution in [0.3, 0.4) is 0 Å². The van der Waals surface area contributed by atoms with Gasteiger partial charge in [-0.05, 0) is 25.0 Å². The standard InChI is InChI=1S/C19H31N5O3/c1-4-5-6-17-18(26-12-15(20)9-23-2)7-14(11-25)8-19(17)27-13-16(21)10-24(3)22/h7-11,23H,4-6,12-13,20-22H2,1-3H3/b15-9-,16-10-. The number of benzene rings is 1. The summed E-state index contributed by atoms with van der Waals surface area (Å²) in [5.74, 6) is 6.70. The second kappa shape index (κ2) is 11.7. The molecule has 0 saturated carbocycles. The fourth-order valence-electron chi connectivity index (χ4n) is 2.41. The molecule has 1 rings (SSSR count). The minimum atomic E-state index is 0.143. The van der Waals surface area contributed by atoms with E-state index in [0.29, 0.717) is 28.5 Å². The van der Waals surface area contributed by atoms with Crippen molar-refractivity contribution >= 4 is 6.29 Å². The van der Waals surface area contributed by atoms with Crippen LogP contribution >= 0.6 is 0 Å². The maximum Gasteiger partial charge on any atom is 0.150 e. The van der Waals surface area contributed by atoms with E-state index < -0.39 is 0 Å². The number of unbranched alkanes of at least 4 members (excludes halogenated alkanes) is 1. The first kappa shape index (κ1) is 22.2. The normalized spacial score (nSPS) is 11.9. The molecule has 0 fully saturated rings. The van der Waals surface area contributed by atoms with Gasteiger partial charge >= 0.3 is 0 Å². The van der Waals surface area contributed by atoms with E-state index >= 15 is 0 Å². The highest BCUT2D eigenvalue weighted by Gasteiger charge is 2.14. The molecule has 8 nitrogen and oxygen atoms in total. The fourth-order valence-corrected chi connectivity index (χ4v) is 2.41. The zero-order valence-corrected chi connectivity index (χ0v) is 16.3. The molecule has 0 radical (unpaired) electrons. The minimum absolute atomic E-state index is 0.143. The molecule has 0 aromatic heterocycles. The Labute approximate surface area is 160 Å². The average Bonchev–Trinajstić information content (AvgIpc) is 2.62. The maximum atomic E-state index is 11.3. The Balaban J connectivity index is 3.15. The van der Waals surface area contributed by atoms with Gasteiger partial charge in [0.1, 0.15) is 31.0 Å². The number of rotatable bonds is 12. The monoisotopic (exact) mass is 377 g/mol. The van der Waals surface area contributed by atoms with Gasteiger partial charge in [0.15, 0.2) is 0 Å². The van der Waals surface area contributed by atoms with Crippen molar-refractivity contribution in [2.24, 2.45) is 17.3 Å². The highest BCUT2D eigenvalue weighted by molar-refractivity contribution is 5.77. The molecular formula is C19H31N5O3. The largest absolute Gasteiger partial charge is 0.487 e.